The molecule has 0 aromatic carbocycles. The Bertz CT molecular complexity index is 651. The third-order valence-electron chi connectivity index (χ3n) is 3.68. The second-order valence-corrected chi connectivity index (χ2v) is 5.50. The molecule has 0 aliphatic carbocycles. The summed E-state index contributed by atoms with van der Waals surface area (Å²) in [5.74, 6) is 0.350. The molecule has 6 nitrogen and oxygen atoms in total. The third-order valence-corrected chi connectivity index (χ3v) is 4.16. The molecule has 0 unspecified atom stereocenters. The van der Waals surface area contributed by atoms with Gasteiger partial charge in [0.25, 0.3) is 0 Å². The van der Waals surface area contributed by atoms with Crippen molar-refractivity contribution in [3.05, 3.63) is 33.9 Å². The van der Waals surface area contributed by atoms with Gasteiger partial charge in [0, 0.05) is 50.4 Å². The van der Waals surface area contributed by atoms with Crippen molar-refractivity contribution in [2.24, 2.45) is 7.05 Å². The topological polar surface area (TPSA) is 72.9 Å². The predicted octanol–water partition coefficient (Wildman–Crippen LogP) is 1.31. The molecule has 2 aromatic rings. The van der Waals surface area contributed by atoms with Gasteiger partial charge in [0.2, 0.25) is 5.95 Å². The monoisotopic (exact) mass is 292 g/mol. The van der Waals surface area contributed by atoms with Gasteiger partial charge in [0.15, 0.2) is 0 Å². The molecule has 0 spiro atoms. The lowest BCUT2D eigenvalue weighted by Gasteiger charge is -2.27. The number of aryl methyl sites for hydroxylation is 2. The summed E-state index contributed by atoms with van der Waals surface area (Å²) in [7, 11) is 1.86. The van der Waals surface area contributed by atoms with E-state index in [9.17, 15) is 0 Å². The summed E-state index contributed by atoms with van der Waals surface area (Å²) in [6.45, 7) is 4.54. The number of nitrogens with zero attached hydrogens (tertiary/aromatic N) is 5. The number of hydrogen-bond acceptors (Lipinski definition) is 5. The lowest BCUT2D eigenvalue weighted by molar-refractivity contribution is 0.242. The van der Waals surface area contributed by atoms with Crippen molar-refractivity contribution in [3.8, 4) is 0 Å². The first kappa shape index (κ1) is 13.3. The Hall–Kier alpha value is -1.66. The molecular weight excluding hydrogens is 276 g/mol. The lowest BCUT2D eigenvalue weighted by Crippen LogP contribution is -2.31. The summed E-state index contributed by atoms with van der Waals surface area (Å²) in [5, 5.41) is 5.06. The normalized spacial score (nSPS) is 15.3. The maximum atomic E-state index is 6.29. The molecule has 0 amide bonds. The zero-order valence-electron chi connectivity index (χ0n) is 11.6. The van der Waals surface area contributed by atoms with Gasteiger partial charge in [-0.15, -0.1) is 0 Å². The van der Waals surface area contributed by atoms with Gasteiger partial charge in [-0.25, -0.2) is 9.97 Å². The van der Waals surface area contributed by atoms with Gasteiger partial charge in [-0.05, 0) is 6.92 Å². The highest BCUT2D eigenvalue weighted by molar-refractivity contribution is 6.30. The van der Waals surface area contributed by atoms with Gasteiger partial charge >= 0.3 is 0 Å². The fourth-order valence-corrected chi connectivity index (χ4v) is 2.84. The minimum atomic E-state index is 0.350. The van der Waals surface area contributed by atoms with Crippen LogP contribution < -0.4 is 5.73 Å². The summed E-state index contributed by atoms with van der Waals surface area (Å²) in [6.07, 6.45) is 2.71. The number of nitrogens with two attached hydrogens (primary N) is 1. The molecule has 20 heavy (non-hydrogen) atoms. The fraction of sp³-hybridized carbons (Fsp3) is 0.462. The molecule has 3 rings (SSSR count). The molecule has 0 atom stereocenters. The molecule has 2 N–H and O–H groups in total. The highest BCUT2D eigenvalue weighted by Crippen LogP contribution is 2.24. The zero-order chi connectivity index (χ0) is 14.3. The minimum absolute atomic E-state index is 0.350. The first-order valence-electron chi connectivity index (χ1n) is 6.55. The lowest BCUT2D eigenvalue weighted by atomic mass is 10.1. The van der Waals surface area contributed by atoms with E-state index in [0.717, 1.165) is 48.6 Å². The Labute approximate surface area is 122 Å². The molecule has 1 aliphatic rings. The Kier molecular flexibility index (Phi) is 3.35. The minimum Gasteiger partial charge on any atom is -0.368 e. The van der Waals surface area contributed by atoms with Gasteiger partial charge in [-0.2, -0.15) is 5.10 Å². The van der Waals surface area contributed by atoms with Crippen LogP contribution in [0.1, 0.15) is 22.5 Å². The first-order valence-corrected chi connectivity index (χ1v) is 6.93. The molecule has 0 radical (unpaired) electrons. The van der Waals surface area contributed by atoms with Gasteiger partial charge in [-0.3, -0.25) is 9.58 Å². The van der Waals surface area contributed by atoms with Crippen LogP contribution in [0, 0.1) is 6.92 Å². The molecule has 0 bridgehead atoms. The van der Waals surface area contributed by atoms with Crippen LogP contribution in [-0.2, 0) is 26.6 Å². The number of hydrogen-bond donors (Lipinski definition) is 1. The number of anilines is 1. The van der Waals surface area contributed by atoms with Gasteiger partial charge in [-0.1, -0.05) is 11.6 Å². The standard InChI is InChI=1S/C13H17ClN6/c1-8-10(12(14)19(2)18-8)7-20-4-3-11-9(6-20)5-16-13(15)17-11/h5H,3-4,6-7H2,1-2H3,(H2,15,16,17). The quantitative estimate of drug-likeness (QED) is 0.903. The maximum Gasteiger partial charge on any atom is 0.220 e. The van der Waals surface area contributed by atoms with Gasteiger partial charge < -0.3 is 5.73 Å². The van der Waals surface area contributed by atoms with E-state index < -0.39 is 0 Å². The summed E-state index contributed by atoms with van der Waals surface area (Å²) in [4.78, 5) is 10.7. The largest absolute Gasteiger partial charge is 0.368 e. The molecule has 1 aliphatic heterocycles. The highest BCUT2D eigenvalue weighted by Gasteiger charge is 2.21. The van der Waals surface area contributed by atoms with Crippen LogP contribution in [0.25, 0.3) is 0 Å². The zero-order valence-corrected chi connectivity index (χ0v) is 12.4. The Morgan fingerprint density at radius 3 is 2.95 bits per heavy atom. The summed E-state index contributed by atoms with van der Waals surface area (Å²) in [5.41, 5.74) is 9.89. The van der Waals surface area contributed by atoms with Crippen LogP contribution in [0.4, 0.5) is 5.95 Å². The van der Waals surface area contributed by atoms with E-state index in [-0.39, 0.29) is 0 Å². The molecule has 3 heterocycles. The number of rotatable bonds is 2. The Morgan fingerprint density at radius 1 is 1.45 bits per heavy atom. The summed E-state index contributed by atoms with van der Waals surface area (Å²) < 4.78 is 1.72. The van der Waals surface area contributed by atoms with Crippen LogP contribution in [0.15, 0.2) is 6.20 Å². The molecule has 0 saturated carbocycles. The van der Waals surface area contributed by atoms with E-state index in [0.29, 0.717) is 11.1 Å². The summed E-state index contributed by atoms with van der Waals surface area (Å²) in [6, 6.07) is 0. The van der Waals surface area contributed by atoms with Crippen molar-refractivity contribution >= 4 is 17.5 Å². The molecule has 0 saturated heterocycles. The van der Waals surface area contributed by atoms with Crippen LogP contribution in [0.3, 0.4) is 0 Å². The second kappa shape index (κ2) is 5.03. The summed E-state index contributed by atoms with van der Waals surface area (Å²) >= 11 is 6.29. The van der Waals surface area contributed by atoms with Crippen LogP contribution in [0.2, 0.25) is 5.15 Å². The average Bonchev–Trinajstić information content (AvgIpc) is 2.65. The molecule has 7 heteroatoms. The van der Waals surface area contributed by atoms with Crippen molar-refractivity contribution in [3.63, 3.8) is 0 Å². The first-order chi connectivity index (χ1) is 9.54. The van der Waals surface area contributed by atoms with Crippen molar-refractivity contribution in [2.45, 2.75) is 26.4 Å². The van der Waals surface area contributed by atoms with E-state index >= 15 is 0 Å². The van der Waals surface area contributed by atoms with E-state index in [1.165, 1.54) is 0 Å². The van der Waals surface area contributed by atoms with Crippen molar-refractivity contribution in [1.29, 1.82) is 0 Å². The average molecular weight is 293 g/mol. The van der Waals surface area contributed by atoms with Gasteiger partial charge in [0.1, 0.15) is 5.15 Å². The van der Waals surface area contributed by atoms with E-state index in [4.69, 9.17) is 17.3 Å². The Balaban J connectivity index is 1.79. The van der Waals surface area contributed by atoms with E-state index in [1.54, 1.807) is 4.68 Å². The van der Waals surface area contributed by atoms with Crippen LogP contribution in [-0.4, -0.2) is 31.2 Å². The smallest absolute Gasteiger partial charge is 0.220 e. The maximum absolute atomic E-state index is 6.29. The Morgan fingerprint density at radius 2 is 2.25 bits per heavy atom. The number of aromatic nitrogens is 4. The van der Waals surface area contributed by atoms with Crippen LogP contribution in [0.5, 0.6) is 0 Å². The second-order valence-electron chi connectivity index (χ2n) is 5.14. The van der Waals surface area contributed by atoms with Gasteiger partial charge in [0.05, 0.1) is 11.4 Å². The van der Waals surface area contributed by atoms with Crippen molar-refractivity contribution in [1.82, 2.24) is 24.6 Å². The van der Waals surface area contributed by atoms with E-state index in [2.05, 4.69) is 20.0 Å². The van der Waals surface area contributed by atoms with E-state index in [1.807, 2.05) is 20.2 Å². The third kappa shape index (κ3) is 2.36. The molecular formula is C13H17ClN6. The highest BCUT2D eigenvalue weighted by atomic mass is 35.5. The number of halogens is 1. The molecule has 2 aromatic heterocycles. The molecule has 0 fully saturated rings. The number of nitrogen functional groups attached to an aromatic ring is 1. The predicted molar refractivity (Wildman–Crippen MR) is 77.2 cm³/mol. The SMILES string of the molecule is Cc1nn(C)c(Cl)c1CN1CCc2nc(N)ncc2C1. The molecule has 106 valence electrons. The van der Waals surface area contributed by atoms with Crippen molar-refractivity contribution < 1.29 is 0 Å². The number of fused-ring (bicyclic) bond motifs is 1. The van der Waals surface area contributed by atoms with Crippen LogP contribution >= 0.6 is 11.6 Å². The fourth-order valence-electron chi connectivity index (χ4n) is 2.60. The van der Waals surface area contributed by atoms with Crippen molar-refractivity contribution in [2.75, 3.05) is 12.3 Å².